The molecule has 4 nitrogen and oxygen atoms in total. The summed E-state index contributed by atoms with van der Waals surface area (Å²) in [5.74, 6) is 0.776. The smallest absolute Gasteiger partial charge is 0.130 e. The molecule has 0 aliphatic heterocycles. The maximum atomic E-state index is 8.71. The van der Waals surface area contributed by atoms with E-state index in [1.54, 1.807) is 12.1 Å². The molecule has 1 aromatic heterocycles. The van der Waals surface area contributed by atoms with Crippen molar-refractivity contribution in [1.29, 1.82) is 5.26 Å². The van der Waals surface area contributed by atoms with E-state index in [2.05, 4.69) is 15.6 Å². The Morgan fingerprint density at radius 2 is 2.11 bits per heavy atom. The molecule has 18 heavy (non-hydrogen) atoms. The molecule has 1 aliphatic rings. The number of aromatic nitrogens is 2. The largest absolute Gasteiger partial charge is 0.487 e. The van der Waals surface area contributed by atoms with Crippen LogP contribution < -0.4 is 4.74 Å². The predicted molar refractivity (Wildman–Crippen MR) is 66.0 cm³/mol. The minimum Gasteiger partial charge on any atom is -0.487 e. The van der Waals surface area contributed by atoms with E-state index in [1.165, 1.54) is 12.8 Å². The van der Waals surface area contributed by atoms with Gasteiger partial charge in [-0.15, -0.1) is 0 Å². The highest BCUT2D eigenvalue weighted by atomic mass is 16.5. The second-order valence-electron chi connectivity index (χ2n) is 4.45. The second kappa shape index (κ2) is 4.53. The summed E-state index contributed by atoms with van der Waals surface area (Å²) in [6.07, 6.45) is 6.19. The highest BCUT2D eigenvalue weighted by molar-refractivity contribution is 5.34. The lowest BCUT2D eigenvalue weighted by Gasteiger charge is -2.08. The molecule has 0 radical (unpaired) electrons. The standard InChI is InChI=1S/C14H13N3O/c15-7-11-1-5-14(6-2-11)18-9-13-8-16-10-17(13)12-3-4-12/h1-2,5-6,8,10,12H,3-4,9H2. The molecule has 1 aliphatic carbocycles. The van der Waals surface area contributed by atoms with Crippen LogP contribution in [0.15, 0.2) is 36.8 Å². The van der Waals surface area contributed by atoms with Gasteiger partial charge in [-0.2, -0.15) is 5.26 Å². The van der Waals surface area contributed by atoms with Crippen molar-refractivity contribution in [2.45, 2.75) is 25.5 Å². The number of hydrogen-bond acceptors (Lipinski definition) is 3. The van der Waals surface area contributed by atoms with Gasteiger partial charge in [-0.25, -0.2) is 4.98 Å². The van der Waals surface area contributed by atoms with Crippen LogP contribution in [0.2, 0.25) is 0 Å². The first kappa shape index (κ1) is 10.8. The van der Waals surface area contributed by atoms with E-state index in [0.29, 0.717) is 18.2 Å². The average molecular weight is 239 g/mol. The van der Waals surface area contributed by atoms with Crippen LogP contribution in [-0.2, 0) is 6.61 Å². The number of imidazole rings is 1. The van der Waals surface area contributed by atoms with Gasteiger partial charge in [0.25, 0.3) is 0 Å². The molecule has 0 amide bonds. The molecule has 3 rings (SSSR count). The molecule has 0 N–H and O–H groups in total. The van der Waals surface area contributed by atoms with Crippen LogP contribution in [0.25, 0.3) is 0 Å². The molecular formula is C14H13N3O. The van der Waals surface area contributed by atoms with Gasteiger partial charge in [0.1, 0.15) is 12.4 Å². The lowest BCUT2D eigenvalue weighted by Crippen LogP contribution is -2.03. The quantitative estimate of drug-likeness (QED) is 0.824. The molecule has 0 spiro atoms. The van der Waals surface area contributed by atoms with Gasteiger partial charge in [-0.1, -0.05) is 0 Å². The number of ether oxygens (including phenoxy) is 1. The van der Waals surface area contributed by atoms with E-state index in [9.17, 15) is 0 Å². The van der Waals surface area contributed by atoms with Crippen LogP contribution in [0.5, 0.6) is 5.75 Å². The van der Waals surface area contributed by atoms with Gasteiger partial charge in [-0.3, -0.25) is 0 Å². The molecule has 90 valence electrons. The van der Waals surface area contributed by atoms with E-state index < -0.39 is 0 Å². The highest BCUT2D eigenvalue weighted by Gasteiger charge is 2.25. The summed E-state index contributed by atoms with van der Waals surface area (Å²) >= 11 is 0. The Bertz CT molecular complexity index is 576. The zero-order chi connectivity index (χ0) is 12.4. The lowest BCUT2D eigenvalue weighted by molar-refractivity contribution is 0.295. The Hall–Kier alpha value is -2.28. The Morgan fingerprint density at radius 3 is 2.78 bits per heavy atom. The minimum absolute atomic E-state index is 0.516. The first-order chi connectivity index (χ1) is 8.86. The van der Waals surface area contributed by atoms with Crippen molar-refractivity contribution in [1.82, 2.24) is 9.55 Å². The molecule has 0 unspecified atom stereocenters. The number of hydrogen-bond donors (Lipinski definition) is 0. The van der Waals surface area contributed by atoms with Crippen molar-refractivity contribution in [2.24, 2.45) is 0 Å². The maximum Gasteiger partial charge on any atom is 0.130 e. The van der Waals surface area contributed by atoms with Crippen LogP contribution in [0, 0.1) is 11.3 Å². The summed E-state index contributed by atoms with van der Waals surface area (Å²) < 4.78 is 7.88. The van der Waals surface area contributed by atoms with E-state index in [4.69, 9.17) is 10.00 Å². The number of benzene rings is 1. The van der Waals surface area contributed by atoms with Crippen LogP contribution in [0.3, 0.4) is 0 Å². The normalized spacial score (nSPS) is 14.2. The van der Waals surface area contributed by atoms with Crippen LogP contribution >= 0.6 is 0 Å². The lowest BCUT2D eigenvalue weighted by atomic mass is 10.2. The van der Waals surface area contributed by atoms with E-state index in [1.807, 2.05) is 24.7 Å². The topological polar surface area (TPSA) is 50.8 Å². The van der Waals surface area contributed by atoms with Crippen molar-refractivity contribution in [3.8, 4) is 11.8 Å². The van der Waals surface area contributed by atoms with Crippen molar-refractivity contribution in [3.63, 3.8) is 0 Å². The first-order valence-corrected chi connectivity index (χ1v) is 6.00. The monoisotopic (exact) mass is 239 g/mol. The number of nitriles is 1. The molecular weight excluding hydrogens is 226 g/mol. The zero-order valence-electron chi connectivity index (χ0n) is 9.91. The molecule has 1 saturated carbocycles. The molecule has 4 heteroatoms. The van der Waals surface area contributed by atoms with Crippen LogP contribution in [0.1, 0.15) is 30.1 Å². The molecule has 1 heterocycles. The number of rotatable bonds is 4. The SMILES string of the molecule is N#Cc1ccc(OCc2cncn2C2CC2)cc1. The Labute approximate surface area is 105 Å². The Balaban J connectivity index is 1.66. The minimum atomic E-state index is 0.516. The van der Waals surface area contributed by atoms with Crippen molar-refractivity contribution in [3.05, 3.63) is 48.0 Å². The van der Waals surface area contributed by atoms with Gasteiger partial charge in [0.05, 0.1) is 29.9 Å². The molecule has 1 fully saturated rings. The molecule has 2 aromatic rings. The van der Waals surface area contributed by atoms with E-state index in [-0.39, 0.29) is 0 Å². The fourth-order valence-corrected chi connectivity index (χ4v) is 1.91. The third kappa shape index (κ3) is 2.21. The Morgan fingerprint density at radius 1 is 1.33 bits per heavy atom. The zero-order valence-corrected chi connectivity index (χ0v) is 9.91. The van der Waals surface area contributed by atoms with Gasteiger partial charge in [0.15, 0.2) is 0 Å². The third-order valence-corrected chi connectivity index (χ3v) is 3.06. The van der Waals surface area contributed by atoms with Crippen molar-refractivity contribution < 1.29 is 4.74 Å². The Kier molecular flexibility index (Phi) is 2.73. The summed E-state index contributed by atoms with van der Waals surface area (Å²) in [5, 5.41) is 8.71. The summed E-state index contributed by atoms with van der Waals surface area (Å²) in [6, 6.07) is 9.85. The average Bonchev–Trinajstić information content (AvgIpc) is 3.16. The molecule has 0 bridgehead atoms. The van der Waals surface area contributed by atoms with Gasteiger partial charge >= 0.3 is 0 Å². The molecule has 0 saturated heterocycles. The van der Waals surface area contributed by atoms with Gasteiger partial charge in [0.2, 0.25) is 0 Å². The second-order valence-corrected chi connectivity index (χ2v) is 4.45. The van der Waals surface area contributed by atoms with Crippen molar-refractivity contribution >= 4 is 0 Å². The van der Waals surface area contributed by atoms with E-state index in [0.717, 1.165) is 11.4 Å². The van der Waals surface area contributed by atoms with Crippen molar-refractivity contribution in [2.75, 3.05) is 0 Å². The number of nitrogens with zero attached hydrogens (tertiary/aromatic N) is 3. The summed E-state index contributed by atoms with van der Waals surface area (Å²) in [5.41, 5.74) is 1.74. The summed E-state index contributed by atoms with van der Waals surface area (Å²) in [6.45, 7) is 0.516. The first-order valence-electron chi connectivity index (χ1n) is 6.00. The molecule has 0 atom stereocenters. The van der Waals surface area contributed by atoms with Crippen LogP contribution in [0.4, 0.5) is 0 Å². The summed E-state index contributed by atoms with van der Waals surface area (Å²) in [7, 11) is 0. The highest BCUT2D eigenvalue weighted by Crippen LogP contribution is 2.35. The van der Waals surface area contributed by atoms with Gasteiger partial charge < -0.3 is 9.30 Å². The summed E-state index contributed by atoms with van der Waals surface area (Å²) in [4.78, 5) is 4.16. The van der Waals surface area contributed by atoms with E-state index >= 15 is 0 Å². The maximum absolute atomic E-state index is 8.71. The van der Waals surface area contributed by atoms with Crippen LogP contribution in [-0.4, -0.2) is 9.55 Å². The fourth-order valence-electron chi connectivity index (χ4n) is 1.91. The van der Waals surface area contributed by atoms with Gasteiger partial charge in [-0.05, 0) is 37.1 Å². The predicted octanol–water partition coefficient (Wildman–Crippen LogP) is 2.67. The fraction of sp³-hybridized carbons (Fsp3) is 0.286. The molecule has 1 aromatic carbocycles. The van der Waals surface area contributed by atoms with Gasteiger partial charge in [0, 0.05) is 6.04 Å². The third-order valence-electron chi connectivity index (χ3n) is 3.06.